The highest BCUT2D eigenvalue weighted by atomic mass is 16.6. The van der Waals surface area contributed by atoms with E-state index in [-0.39, 0.29) is 6.10 Å². The van der Waals surface area contributed by atoms with E-state index in [0.717, 1.165) is 12.1 Å². The van der Waals surface area contributed by atoms with Gasteiger partial charge in [-0.3, -0.25) is 0 Å². The molecule has 2 rings (SSSR count). The van der Waals surface area contributed by atoms with Crippen molar-refractivity contribution in [3.63, 3.8) is 0 Å². The van der Waals surface area contributed by atoms with Crippen LogP contribution in [0.2, 0.25) is 0 Å². The van der Waals surface area contributed by atoms with Gasteiger partial charge in [0.05, 0.1) is 5.71 Å². The van der Waals surface area contributed by atoms with Gasteiger partial charge in [-0.2, -0.15) is 0 Å². The highest BCUT2D eigenvalue weighted by molar-refractivity contribution is 5.83. The lowest BCUT2D eigenvalue weighted by Gasteiger charge is -2.10. The van der Waals surface area contributed by atoms with Crippen LogP contribution >= 0.6 is 0 Å². The third kappa shape index (κ3) is 1.57. The molecule has 13 heavy (non-hydrogen) atoms. The summed E-state index contributed by atoms with van der Waals surface area (Å²) in [5, 5.41) is 3.95. The Morgan fingerprint density at radius 1 is 1.31 bits per heavy atom. The Morgan fingerprint density at radius 2 is 2.08 bits per heavy atom. The normalized spacial score (nSPS) is 21.1. The number of hydrogen-bond donors (Lipinski definition) is 0. The lowest BCUT2D eigenvalue weighted by Crippen LogP contribution is -1.99. The van der Waals surface area contributed by atoms with E-state index in [1.54, 1.807) is 0 Å². The molecule has 0 aliphatic carbocycles. The zero-order valence-corrected chi connectivity index (χ0v) is 7.95. The number of hydrogen-bond acceptors (Lipinski definition) is 2. The molecule has 0 spiro atoms. The lowest BCUT2D eigenvalue weighted by atomic mass is 10.0. The van der Waals surface area contributed by atoms with Gasteiger partial charge in [0.2, 0.25) is 0 Å². The molecule has 1 unspecified atom stereocenters. The van der Waals surface area contributed by atoms with Crippen LogP contribution in [0.15, 0.2) is 29.4 Å². The maximum atomic E-state index is 5.32. The van der Waals surface area contributed by atoms with Crippen LogP contribution in [-0.4, -0.2) is 5.71 Å². The SMILES string of the molecule is CC1=NOC(c2ccccc2C)C1. The second-order valence-electron chi connectivity index (χ2n) is 3.48. The standard InChI is InChI=1S/C11H13NO/c1-8-5-3-4-6-10(8)11-7-9(2)12-13-11/h3-6,11H,7H2,1-2H3. The van der Waals surface area contributed by atoms with E-state index >= 15 is 0 Å². The molecule has 1 aromatic carbocycles. The van der Waals surface area contributed by atoms with Crippen LogP contribution in [0.4, 0.5) is 0 Å². The molecule has 1 atom stereocenters. The molecule has 0 amide bonds. The van der Waals surface area contributed by atoms with Gasteiger partial charge in [0.15, 0.2) is 6.10 Å². The number of nitrogens with zero attached hydrogens (tertiary/aromatic N) is 1. The van der Waals surface area contributed by atoms with Crippen molar-refractivity contribution in [2.24, 2.45) is 5.16 Å². The molecule has 1 aliphatic rings. The average molecular weight is 175 g/mol. The molecular formula is C11H13NO. The average Bonchev–Trinajstić information content (AvgIpc) is 2.53. The molecule has 2 nitrogen and oxygen atoms in total. The van der Waals surface area contributed by atoms with Crippen molar-refractivity contribution in [3.05, 3.63) is 35.4 Å². The second kappa shape index (κ2) is 3.21. The van der Waals surface area contributed by atoms with E-state index in [2.05, 4.69) is 24.2 Å². The van der Waals surface area contributed by atoms with Gasteiger partial charge in [0, 0.05) is 6.42 Å². The molecule has 0 radical (unpaired) electrons. The summed E-state index contributed by atoms with van der Waals surface area (Å²) in [5.41, 5.74) is 3.61. The molecule has 0 saturated carbocycles. The van der Waals surface area contributed by atoms with Gasteiger partial charge in [-0.05, 0) is 25.0 Å². The summed E-state index contributed by atoms with van der Waals surface area (Å²) in [6, 6.07) is 8.29. The van der Waals surface area contributed by atoms with Gasteiger partial charge in [-0.25, -0.2) is 0 Å². The molecule has 1 heterocycles. The highest BCUT2D eigenvalue weighted by Crippen LogP contribution is 2.28. The Balaban J connectivity index is 2.23. The van der Waals surface area contributed by atoms with Crippen molar-refractivity contribution < 1.29 is 4.84 Å². The first-order valence-corrected chi connectivity index (χ1v) is 4.52. The summed E-state index contributed by atoms with van der Waals surface area (Å²) in [6.45, 7) is 4.10. The van der Waals surface area contributed by atoms with Crippen molar-refractivity contribution in [2.75, 3.05) is 0 Å². The van der Waals surface area contributed by atoms with Crippen molar-refractivity contribution in [1.29, 1.82) is 0 Å². The molecule has 2 heteroatoms. The molecule has 1 aromatic rings. The van der Waals surface area contributed by atoms with E-state index < -0.39 is 0 Å². The Labute approximate surface area is 78.2 Å². The van der Waals surface area contributed by atoms with E-state index in [0.29, 0.717) is 0 Å². The summed E-state index contributed by atoms with van der Waals surface area (Å²) < 4.78 is 0. The Kier molecular flexibility index (Phi) is 2.05. The lowest BCUT2D eigenvalue weighted by molar-refractivity contribution is 0.0853. The maximum absolute atomic E-state index is 5.32. The Hall–Kier alpha value is -1.31. The summed E-state index contributed by atoms with van der Waals surface area (Å²) >= 11 is 0. The van der Waals surface area contributed by atoms with Crippen molar-refractivity contribution in [1.82, 2.24) is 0 Å². The van der Waals surface area contributed by atoms with Crippen LogP contribution in [0.3, 0.4) is 0 Å². The van der Waals surface area contributed by atoms with Gasteiger partial charge in [-0.1, -0.05) is 29.4 Å². The number of oxime groups is 1. The van der Waals surface area contributed by atoms with Crippen LogP contribution in [0.1, 0.15) is 30.6 Å². The van der Waals surface area contributed by atoms with Crippen LogP contribution in [0.5, 0.6) is 0 Å². The van der Waals surface area contributed by atoms with E-state index in [1.165, 1.54) is 11.1 Å². The van der Waals surface area contributed by atoms with E-state index in [9.17, 15) is 0 Å². The fraction of sp³-hybridized carbons (Fsp3) is 0.364. The van der Waals surface area contributed by atoms with Gasteiger partial charge in [-0.15, -0.1) is 0 Å². The van der Waals surface area contributed by atoms with E-state index in [4.69, 9.17) is 4.84 Å². The molecule has 0 fully saturated rings. The summed E-state index contributed by atoms with van der Waals surface area (Å²) in [7, 11) is 0. The molecular weight excluding hydrogens is 162 g/mol. The van der Waals surface area contributed by atoms with Crippen molar-refractivity contribution in [3.8, 4) is 0 Å². The smallest absolute Gasteiger partial charge is 0.158 e. The Morgan fingerprint density at radius 3 is 2.69 bits per heavy atom. The number of aryl methyl sites for hydroxylation is 1. The Bertz CT molecular complexity index is 344. The fourth-order valence-corrected chi connectivity index (χ4v) is 1.61. The van der Waals surface area contributed by atoms with Crippen molar-refractivity contribution in [2.45, 2.75) is 26.4 Å². The zero-order valence-electron chi connectivity index (χ0n) is 7.95. The first-order chi connectivity index (χ1) is 6.27. The van der Waals surface area contributed by atoms with Gasteiger partial charge < -0.3 is 4.84 Å². The number of benzene rings is 1. The monoisotopic (exact) mass is 175 g/mol. The number of rotatable bonds is 1. The maximum Gasteiger partial charge on any atom is 0.158 e. The largest absolute Gasteiger partial charge is 0.387 e. The van der Waals surface area contributed by atoms with Gasteiger partial charge in [0.1, 0.15) is 0 Å². The molecule has 1 aliphatic heterocycles. The van der Waals surface area contributed by atoms with Crippen LogP contribution in [0.25, 0.3) is 0 Å². The molecule has 0 saturated heterocycles. The predicted molar refractivity (Wildman–Crippen MR) is 52.7 cm³/mol. The van der Waals surface area contributed by atoms with Crippen LogP contribution < -0.4 is 0 Å². The highest BCUT2D eigenvalue weighted by Gasteiger charge is 2.20. The third-order valence-corrected chi connectivity index (χ3v) is 2.35. The minimum atomic E-state index is 0.140. The summed E-state index contributed by atoms with van der Waals surface area (Å²) in [4.78, 5) is 5.32. The molecule has 68 valence electrons. The first kappa shape index (κ1) is 8.30. The minimum Gasteiger partial charge on any atom is -0.387 e. The molecule has 0 N–H and O–H groups in total. The summed E-state index contributed by atoms with van der Waals surface area (Å²) in [6.07, 6.45) is 1.06. The fourth-order valence-electron chi connectivity index (χ4n) is 1.61. The van der Waals surface area contributed by atoms with Crippen LogP contribution in [-0.2, 0) is 4.84 Å². The predicted octanol–water partition coefficient (Wildman–Crippen LogP) is 2.83. The van der Waals surface area contributed by atoms with E-state index in [1.807, 2.05) is 19.1 Å². The molecule has 0 bridgehead atoms. The zero-order chi connectivity index (χ0) is 9.26. The third-order valence-electron chi connectivity index (χ3n) is 2.35. The van der Waals surface area contributed by atoms with Gasteiger partial charge >= 0.3 is 0 Å². The first-order valence-electron chi connectivity index (χ1n) is 4.52. The quantitative estimate of drug-likeness (QED) is 0.643. The minimum absolute atomic E-state index is 0.140. The van der Waals surface area contributed by atoms with Crippen LogP contribution in [0, 0.1) is 6.92 Å². The summed E-state index contributed by atoms with van der Waals surface area (Å²) in [5.74, 6) is 0. The topological polar surface area (TPSA) is 21.6 Å². The van der Waals surface area contributed by atoms with Crippen molar-refractivity contribution >= 4 is 5.71 Å². The van der Waals surface area contributed by atoms with Gasteiger partial charge in [0.25, 0.3) is 0 Å². The second-order valence-corrected chi connectivity index (χ2v) is 3.48. The molecule has 0 aromatic heterocycles.